The first-order chi connectivity index (χ1) is 16.6. The number of carboxylic acid groups (broad SMARTS) is 1. The number of carbonyl (C=O) groups excluding carboxylic acids is 1. The maximum Gasteiger partial charge on any atom is 0.307 e. The van der Waals surface area contributed by atoms with Crippen LogP contribution in [0.5, 0.6) is 5.75 Å². The standard InChI is InChI=1S/C26H22N4O4/c31-25(32)16-23(19-5-4-13-27-17-19)34-22-7-3-6-21(15-22)30-26(33)18-9-11-20(12-10-18)29-24-8-1-2-14-28-24/h1-15,17,23H,16H2,(H,28,29)(H,30,33)(H,31,32). The molecule has 4 rings (SSSR count). The molecule has 0 saturated carbocycles. The first kappa shape index (κ1) is 22.5. The predicted octanol–water partition coefficient (Wildman–Crippen LogP) is 5.07. The summed E-state index contributed by atoms with van der Waals surface area (Å²) in [6, 6.07) is 22.9. The van der Waals surface area contributed by atoms with E-state index in [0.29, 0.717) is 28.4 Å². The van der Waals surface area contributed by atoms with Crippen molar-refractivity contribution < 1.29 is 19.4 Å². The van der Waals surface area contributed by atoms with E-state index in [9.17, 15) is 14.7 Å². The van der Waals surface area contributed by atoms with Crippen LogP contribution in [0.3, 0.4) is 0 Å². The van der Waals surface area contributed by atoms with Gasteiger partial charge in [-0.25, -0.2) is 4.98 Å². The topological polar surface area (TPSA) is 113 Å². The summed E-state index contributed by atoms with van der Waals surface area (Å²) in [5.41, 5.74) is 2.47. The molecule has 170 valence electrons. The highest BCUT2D eigenvalue weighted by Gasteiger charge is 2.18. The fourth-order valence-corrected chi connectivity index (χ4v) is 3.26. The predicted molar refractivity (Wildman–Crippen MR) is 128 cm³/mol. The molecule has 2 aromatic heterocycles. The molecule has 1 atom stereocenters. The number of pyridine rings is 2. The van der Waals surface area contributed by atoms with Gasteiger partial charge in [-0.15, -0.1) is 0 Å². The van der Waals surface area contributed by atoms with Gasteiger partial charge in [0.05, 0.1) is 6.42 Å². The second kappa shape index (κ2) is 10.7. The van der Waals surface area contributed by atoms with Gasteiger partial charge in [0.2, 0.25) is 0 Å². The Morgan fingerprint density at radius 1 is 0.912 bits per heavy atom. The summed E-state index contributed by atoms with van der Waals surface area (Å²) >= 11 is 0. The molecule has 0 aliphatic heterocycles. The van der Waals surface area contributed by atoms with Gasteiger partial charge in [-0.3, -0.25) is 14.6 Å². The van der Waals surface area contributed by atoms with Gasteiger partial charge in [0.25, 0.3) is 5.91 Å². The lowest BCUT2D eigenvalue weighted by Crippen LogP contribution is -2.14. The number of aliphatic carboxylic acids is 1. The molecule has 0 spiro atoms. The van der Waals surface area contributed by atoms with Gasteiger partial charge >= 0.3 is 5.97 Å². The fraction of sp³-hybridized carbons (Fsp3) is 0.0769. The lowest BCUT2D eigenvalue weighted by Gasteiger charge is -2.18. The number of hydrogen-bond donors (Lipinski definition) is 3. The van der Waals surface area contributed by atoms with E-state index in [1.54, 1.807) is 79.3 Å². The summed E-state index contributed by atoms with van der Waals surface area (Å²) in [6.45, 7) is 0. The molecule has 8 nitrogen and oxygen atoms in total. The van der Waals surface area contributed by atoms with Gasteiger partial charge in [-0.1, -0.05) is 18.2 Å². The highest BCUT2D eigenvalue weighted by Crippen LogP contribution is 2.27. The zero-order chi connectivity index (χ0) is 23.8. The molecule has 2 aromatic carbocycles. The second-order valence-corrected chi connectivity index (χ2v) is 7.39. The van der Waals surface area contributed by atoms with Crippen LogP contribution in [0.1, 0.15) is 28.4 Å². The summed E-state index contributed by atoms with van der Waals surface area (Å²) in [6.07, 6.45) is 3.95. The van der Waals surface area contributed by atoms with Crippen molar-refractivity contribution in [3.63, 3.8) is 0 Å². The minimum atomic E-state index is -0.987. The third-order valence-corrected chi connectivity index (χ3v) is 4.87. The Labute approximate surface area is 196 Å². The van der Waals surface area contributed by atoms with E-state index >= 15 is 0 Å². The monoisotopic (exact) mass is 454 g/mol. The smallest absolute Gasteiger partial charge is 0.307 e. The Morgan fingerprint density at radius 3 is 2.47 bits per heavy atom. The average Bonchev–Trinajstić information content (AvgIpc) is 2.85. The van der Waals surface area contributed by atoms with E-state index in [4.69, 9.17) is 4.74 Å². The molecular weight excluding hydrogens is 432 g/mol. The number of benzene rings is 2. The number of aromatic nitrogens is 2. The number of ether oxygens (including phenoxy) is 1. The number of rotatable bonds is 9. The number of carboxylic acids is 1. The normalized spacial score (nSPS) is 11.3. The van der Waals surface area contributed by atoms with Crippen LogP contribution >= 0.6 is 0 Å². The molecule has 34 heavy (non-hydrogen) atoms. The average molecular weight is 454 g/mol. The van der Waals surface area contributed by atoms with E-state index in [0.717, 1.165) is 5.69 Å². The first-order valence-electron chi connectivity index (χ1n) is 10.5. The van der Waals surface area contributed by atoms with Crippen molar-refractivity contribution in [2.24, 2.45) is 0 Å². The van der Waals surface area contributed by atoms with Crippen LogP contribution in [-0.4, -0.2) is 27.0 Å². The minimum Gasteiger partial charge on any atom is -0.485 e. The van der Waals surface area contributed by atoms with Gasteiger partial charge < -0.3 is 20.5 Å². The van der Waals surface area contributed by atoms with Gasteiger partial charge in [-0.2, -0.15) is 0 Å². The molecule has 0 radical (unpaired) electrons. The maximum absolute atomic E-state index is 12.7. The Morgan fingerprint density at radius 2 is 1.76 bits per heavy atom. The van der Waals surface area contributed by atoms with Crippen molar-refractivity contribution in [3.8, 4) is 5.75 Å². The second-order valence-electron chi connectivity index (χ2n) is 7.39. The van der Waals surface area contributed by atoms with Crippen LogP contribution in [0.4, 0.5) is 17.2 Å². The third-order valence-electron chi connectivity index (χ3n) is 4.87. The molecule has 2 heterocycles. The van der Waals surface area contributed by atoms with Crippen molar-refractivity contribution >= 4 is 29.1 Å². The van der Waals surface area contributed by atoms with Crippen molar-refractivity contribution in [1.29, 1.82) is 0 Å². The first-order valence-corrected chi connectivity index (χ1v) is 10.5. The minimum absolute atomic E-state index is 0.221. The van der Waals surface area contributed by atoms with Crippen molar-refractivity contribution in [2.75, 3.05) is 10.6 Å². The Bertz CT molecular complexity index is 1250. The van der Waals surface area contributed by atoms with Gasteiger partial charge in [0.15, 0.2) is 0 Å². The molecule has 4 aromatic rings. The largest absolute Gasteiger partial charge is 0.485 e. The van der Waals surface area contributed by atoms with Gasteiger partial charge in [0.1, 0.15) is 17.7 Å². The Kier molecular flexibility index (Phi) is 7.09. The summed E-state index contributed by atoms with van der Waals surface area (Å²) in [5.74, 6) is -0.123. The number of anilines is 3. The van der Waals surface area contributed by atoms with Crippen LogP contribution in [0.2, 0.25) is 0 Å². The van der Waals surface area contributed by atoms with Crippen LogP contribution < -0.4 is 15.4 Å². The van der Waals surface area contributed by atoms with Gasteiger partial charge in [0, 0.05) is 47.2 Å². The van der Waals surface area contributed by atoms with Crippen molar-refractivity contribution in [3.05, 3.63) is 109 Å². The molecule has 1 amide bonds. The zero-order valence-corrected chi connectivity index (χ0v) is 18.1. The molecule has 0 bridgehead atoms. The molecule has 0 aliphatic carbocycles. The highest BCUT2D eigenvalue weighted by molar-refractivity contribution is 6.04. The van der Waals surface area contributed by atoms with Gasteiger partial charge in [-0.05, 0) is 54.6 Å². The van der Waals surface area contributed by atoms with E-state index < -0.39 is 12.1 Å². The lowest BCUT2D eigenvalue weighted by molar-refractivity contribution is -0.138. The van der Waals surface area contributed by atoms with Crippen molar-refractivity contribution in [2.45, 2.75) is 12.5 Å². The summed E-state index contributed by atoms with van der Waals surface area (Å²) in [7, 11) is 0. The summed E-state index contributed by atoms with van der Waals surface area (Å²) < 4.78 is 5.93. The summed E-state index contributed by atoms with van der Waals surface area (Å²) in [5, 5.41) is 15.3. The van der Waals surface area contributed by atoms with E-state index in [1.807, 2.05) is 18.2 Å². The van der Waals surface area contributed by atoms with Crippen molar-refractivity contribution in [1.82, 2.24) is 9.97 Å². The Hall–Kier alpha value is -4.72. The number of amides is 1. The quantitative estimate of drug-likeness (QED) is 0.324. The van der Waals surface area contributed by atoms with Crippen LogP contribution in [0.25, 0.3) is 0 Å². The number of hydrogen-bond acceptors (Lipinski definition) is 6. The highest BCUT2D eigenvalue weighted by atomic mass is 16.5. The molecule has 1 unspecified atom stereocenters. The van der Waals surface area contributed by atoms with E-state index in [-0.39, 0.29) is 12.3 Å². The van der Waals surface area contributed by atoms with Crippen LogP contribution in [0, 0.1) is 0 Å². The Balaban J connectivity index is 1.42. The molecule has 8 heteroatoms. The van der Waals surface area contributed by atoms with E-state index in [2.05, 4.69) is 20.6 Å². The molecule has 0 saturated heterocycles. The fourth-order valence-electron chi connectivity index (χ4n) is 3.26. The molecule has 3 N–H and O–H groups in total. The third kappa shape index (κ3) is 6.17. The van der Waals surface area contributed by atoms with Crippen LogP contribution in [0.15, 0.2) is 97.5 Å². The SMILES string of the molecule is O=C(O)CC(Oc1cccc(NC(=O)c2ccc(Nc3ccccn3)cc2)c1)c1cccnc1. The number of carbonyl (C=O) groups is 2. The summed E-state index contributed by atoms with van der Waals surface area (Å²) in [4.78, 5) is 32.3. The molecule has 0 fully saturated rings. The maximum atomic E-state index is 12.7. The van der Waals surface area contributed by atoms with E-state index in [1.165, 1.54) is 0 Å². The lowest BCUT2D eigenvalue weighted by atomic mass is 10.1. The number of nitrogens with one attached hydrogen (secondary N) is 2. The number of nitrogens with zero attached hydrogens (tertiary/aromatic N) is 2. The molecular formula is C26H22N4O4. The zero-order valence-electron chi connectivity index (χ0n) is 18.1. The molecule has 0 aliphatic rings. The van der Waals surface area contributed by atoms with Crippen LogP contribution in [-0.2, 0) is 4.79 Å².